The van der Waals surface area contributed by atoms with E-state index >= 15 is 0 Å². The van der Waals surface area contributed by atoms with Gasteiger partial charge in [-0.3, -0.25) is 14.9 Å². The maximum Gasteiger partial charge on any atom is 0.130 e. The molecule has 30 heavy (non-hydrogen) atoms. The van der Waals surface area contributed by atoms with Gasteiger partial charge >= 0.3 is 0 Å². The molecule has 0 saturated carbocycles. The van der Waals surface area contributed by atoms with Gasteiger partial charge in [0.25, 0.3) is 0 Å². The number of halogens is 1. The number of aromatic nitrogens is 4. The Kier molecular flexibility index (Phi) is 6.96. The third-order valence-corrected chi connectivity index (χ3v) is 5.21. The number of morpholine rings is 1. The molecule has 1 aliphatic rings. The van der Waals surface area contributed by atoms with E-state index in [-0.39, 0.29) is 6.10 Å². The summed E-state index contributed by atoms with van der Waals surface area (Å²) >= 11 is 6.18. The maximum atomic E-state index is 6.18. The fourth-order valence-corrected chi connectivity index (χ4v) is 3.69. The fraction of sp³-hybridized carbons (Fsp3) is 0.364. The van der Waals surface area contributed by atoms with Crippen molar-refractivity contribution in [1.82, 2.24) is 24.8 Å². The topological polar surface area (TPSA) is 73.3 Å². The molecule has 3 heterocycles. The van der Waals surface area contributed by atoms with E-state index in [1.165, 1.54) is 0 Å². The van der Waals surface area contributed by atoms with Gasteiger partial charge in [0.2, 0.25) is 0 Å². The Balaban J connectivity index is 1.47. The van der Waals surface area contributed by atoms with Crippen molar-refractivity contribution in [2.45, 2.75) is 19.1 Å². The normalized spacial score (nSPS) is 17.2. The summed E-state index contributed by atoms with van der Waals surface area (Å²) < 4.78 is 11.1. The molecule has 8 heteroatoms. The lowest BCUT2D eigenvalue weighted by atomic mass is 10.1. The van der Waals surface area contributed by atoms with Crippen LogP contribution in [-0.4, -0.2) is 58.2 Å². The van der Waals surface area contributed by atoms with Crippen molar-refractivity contribution in [1.29, 1.82) is 0 Å². The van der Waals surface area contributed by atoms with Crippen molar-refractivity contribution >= 4 is 11.6 Å². The minimum Gasteiger partial charge on any atom is -0.384 e. The van der Waals surface area contributed by atoms with Gasteiger partial charge in [0.05, 0.1) is 24.6 Å². The van der Waals surface area contributed by atoms with Crippen molar-refractivity contribution in [2.75, 3.05) is 33.4 Å². The van der Waals surface area contributed by atoms with Crippen molar-refractivity contribution in [3.05, 3.63) is 71.2 Å². The summed E-state index contributed by atoms with van der Waals surface area (Å²) in [5, 5.41) is 0.671. The summed E-state index contributed by atoms with van der Waals surface area (Å²) in [7, 11) is 1.68. The molecule has 1 aliphatic heterocycles. The third kappa shape index (κ3) is 5.17. The van der Waals surface area contributed by atoms with Crippen molar-refractivity contribution < 1.29 is 9.47 Å². The van der Waals surface area contributed by atoms with E-state index in [1.807, 2.05) is 36.7 Å². The molecule has 0 N–H and O–H groups in total. The lowest BCUT2D eigenvalue weighted by molar-refractivity contribution is -0.0349. The van der Waals surface area contributed by atoms with E-state index in [4.69, 9.17) is 21.1 Å². The molecular formula is C22H24ClN5O2. The first-order valence-electron chi connectivity index (χ1n) is 9.92. The van der Waals surface area contributed by atoms with E-state index in [0.717, 1.165) is 54.4 Å². The molecule has 1 aromatic carbocycles. The first kappa shape index (κ1) is 20.8. The van der Waals surface area contributed by atoms with Crippen molar-refractivity contribution in [2.24, 2.45) is 0 Å². The Hall–Kier alpha value is -2.45. The summed E-state index contributed by atoms with van der Waals surface area (Å²) in [6.07, 6.45) is 7.74. The number of methoxy groups -OCH3 is 1. The molecule has 4 rings (SSSR count). The Morgan fingerprint density at radius 3 is 2.80 bits per heavy atom. The number of hydrogen-bond acceptors (Lipinski definition) is 7. The predicted octanol–water partition coefficient (Wildman–Crippen LogP) is 3.35. The van der Waals surface area contributed by atoms with Crippen LogP contribution in [0, 0.1) is 0 Å². The van der Waals surface area contributed by atoms with Crippen molar-refractivity contribution in [3.63, 3.8) is 0 Å². The molecule has 0 bridgehead atoms. The van der Waals surface area contributed by atoms with Crippen LogP contribution in [0.2, 0.25) is 5.02 Å². The number of nitrogens with zero attached hydrogens (tertiary/aromatic N) is 5. The van der Waals surface area contributed by atoms with Gasteiger partial charge in [-0.05, 0) is 12.1 Å². The molecule has 0 spiro atoms. The molecule has 7 nitrogen and oxygen atoms in total. The number of hydrogen-bond donors (Lipinski definition) is 0. The number of benzene rings is 1. The smallest absolute Gasteiger partial charge is 0.130 e. The Labute approximate surface area is 181 Å². The standard InChI is InChI=1S/C22H24ClN5O2/c1-29-9-5-20-26-12-16(13-27-20)14-28-8-10-30-19(15-28)22-21(24-6-7-25-22)17-3-2-4-18(23)11-17/h2-4,6-7,11-13,19H,5,8-10,14-15H2,1H3/t19-/m0/s1. The Bertz CT molecular complexity index is 970. The minimum atomic E-state index is -0.164. The second-order valence-electron chi connectivity index (χ2n) is 7.15. The molecule has 0 amide bonds. The van der Waals surface area contributed by atoms with Crippen LogP contribution < -0.4 is 0 Å². The second kappa shape index (κ2) is 10.0. The van der Waals surface area contributed by atoms with Crippen molar-refractivity contribution in [3.8, 4) is 11.3 Å². The SMILES string of the molecule is COCCc1ncc(CN2CCO[C@H](c3nccnc3-c3cccc(Cl)c3)C2)cn1. The van der Waals surface area contributed by atoms with Crippen LogP contribution in [0.4, 0.5) is 0 Å². The summed E-state index contributed by atoms with van der Waals surface area (Å²) in [4.78, 5) is 20.4. The van der Waals surface area contributed by atoms with Crippen LogP contribution in [0.25, 0.3) is 11.3 Å². The van der Waals surface area contributed by atoms with Gasteiger partial charge in [0.1, 0.15) is 11.9 Å². The summed E-state index contributed by atoms with van der Waals surface area (Å²) in [5.74, 6) is 0.797. The zero-order valence-electron chi connectivity index (χ0n) is 16.9. The molecule has 156 valence electrons. The van der Waals surface area contributed by atoms with E-state index < -0.39 is 0 Å². The Morgan fingerprint density at radius 1 is 1.17 bits per heavy atom. The maximum absolute atomic E-state index is 6.18. The van der Waals surface area contributed by atoms with Crippen LogP contribution in [0.5, 0.6) is 0 Å². The first-order valence-corrected chi connectivity index (χ1v) is 10.3. The van der Waals surface area contributed by atoms with Gasteiger partial charge in [-0.15, -0.1) is 0 Å². The predicted molar refractivity (Wildman–Crippen MR) is 114 cm³/mol. The third-order valence-electron chi connectivity index (χ3n) is 4.97. The second-order valence-corrected chi connectivity index (χ2v) is 7.58. The van der Waals surface area contributed by atoms with Crippen LogP contribution in [0.3, 0.4) is 0 Å². The minimum absolute atomic E-state index is 0.164. The molecule has 0 unspecified atom stereocenters. The van der Waals surface area contributed by atoms with Crippen LogP contribution in [0.1, 0.15) is 23.2 Å². The molecule has 2 aromatic heterocycles. The van der Waals surface area contributed by atoms with E-state index in [9.17, 15) is 0 Å². The van der Waals surface area contributed by atoms with E-state index in [2.05, 4.69) is 24.8 Å². The van der Waals surface area contributed by atoms with Gasteiger partial charge in [-0.25, -0.2) is 9.97 Å². The van der Waals surface area contributed by atoms with Gasteiger partial charge in [-0.2, -0.15) is 0 Å². The summed E-state index contributed by atoms with van der Waals surface area (Å²) in [6.45, 7) is 3.57. The van der Waals surface area contributed by atoms with E-state index in [1.54, 1.807) is 19.5 Å². The lowest BCUT2D eigenvalue weighted by Crippen LogP contribution is -2.38. The monoisotopic (exact) mass is 425 g/mol. The average molecular weight is 426 g/mol. The summed E-state index contributed by atoms with van der Waals surface area (Å²) in [5.41, 5.74) is 3.64. The fourth-order valence-electron chi connectivity index (χ4n) is 3.50. The van der Waals surface area contributed by atoms with Crippen LogP contribution in [0.15, 0.2) is 49.1 Å². The summed E-state index contributed by atoms with van der Waals surface area (Å²) in [6, 6.07) is 7.66. The van der Waals surface area contributed by atoms with Crippen LogP contribution >= 0.6 is 11.6 Å². The van der Waals surface area contributed by atoms with Crippen LogP contribution in [-0.2, 0) is 22.4 Å². The quantitative estimate of drug-likeness (QED) is 0.574. The lowest BCUT2D eigenvalue weighted by Gasteiger charge is -2.33. The zero-order valence-corrected chi connectivity index (χ0v) is 17.6. The van der Waals surface area contributed by atoms with Gasteiger partial charge < -0.3 is 9.47 Å². The number of rotatable bonds is 7. The van der Waals surface area contributed by atoms with Gasteiger partial charge in [0.15, 0.2) is 0 Å². The number of ether oxygens (including phenoxy) is 2. The highest BCUT2D eigenvalue weighted by molar-refractivity contribution is 6.30. The molecule has 1 atom stereocenters. The largest absolute Gasteiger partial charge is 0.384 e. The highest BCUT2D eigenvalue weighted by Gasteiger charge is 2.26. The molecule has 0 aliphatic carbocycles. The average Bonchev–Trinajstić information content (AvgIpc) is 2.79. The van der Waals surface area contributed by atoms with Gasteiger partial charge in [-0.1, -0.05) is 23.7 Å². The molecule has 1 saturated heterocycles. The highest BCUT2D eigenvalue weighted by Crippen LogP contribution is 2.30. The molecule has 0 radical (unpaired) electrons. The molecule has 1 fully saturated rings. The zero-order chi connectivity index (χ0) is 20.8. The highest BCUT2D eigenvalue weighted by atomic mass is 35.5. The van der Waals surface area contributed by atoms with E-state index in [0.29, 0.717) is 18.2 Å². The molecular weight excluding hydrogens is 402 g/mol. The first-order chi connectivity index (χ1) is 14.7. The molecule has 3 aromatic rings. The van der Waals surface area contributed by atoms with Gasteiger partial charge in [0, 0.05) is 74.1 Å². The Morgan fingerprint density at radius 2 is 2.00 bits per heavy atom.